The summed E-state index contributed by atoms with van der Waals surface area (Å²) < 4.78 is 41.1. The molecule has 2 rings (SSSR count). The fourth-order valence-corrected chi connectivity index (χ4v) is 2.25. The molecule has 0 atom stereocenters. The van der Waals surface area contributed by atoms with E-state index in [1.54, 1.807) is 0 Å². The molecule has 112 valence electrons. The number of fused-ring (bicyclic) bond motifs is 1. The van der Waals surface area contributed by atoms with Gasteiger partial charge in [-0.25, -0.2) is 18.0 Å². The van der Waals surface area contributed by atoms with Gasteiger partial charge in [0.05, 0.1) is 22.5 Å². The van der Waals surface area contributed by atoms with Gasteiger partial charge in [-0.15, -0.1) is 0 Å². The molecule has 9 heteroatoms. The van der Waals surface area contributed by atoms with Crippen LogP contribution in [0.1, 0.15) is 10.4 Å². The highest BCUT2D eigenvalue weighted by molar-refractivity contribution is 6.36. The topological polar surface area (TPSA) is 85.3 Å². The Morgan fingerprint density at radius 2 is 2.00 bits per heavy atom. The lowest BCUT2D eigenvalue weighted by Gasteiger charge is -2.14. The van der Waals surface area contributed by atoms with Gasteiger partial charge < -0.3 is 15.4 Å². The van der Waals surface area contributed by atoms with Crippen molar-refractivity contribution in [3.8, 4) is 0 Å². The predicted molar refractivity (Wildman–Crippen MR) is 70.5 cm³/mol. The second kappa shape index (κ2) is 5.28. The highest BCUT2D eigenvalue weighted by atomic mass is 35.5. The zero-order valence-corrected chi connectivity index (χ0v) is 11.0. The summed E-state index contributed by atoms with van der Waals surface area (Å²) >= 11 is 5.64. The summed E-state index contributed by atoms with van der Waals surface area (Å²) in [6.45, 7) is -1.42. The zero-order valence-electron chi connectivity index (χ0n) is 10.3. The standard InChI is InChI=1S/C12H8ClF3N2O3/c13-6-5-10(8(16)9(17)7(6)15)18(2-1-14)3-4(11(5)19)12(20)21/h3H,1-2,17H2,(H,20,21). The zero-order chi connectivity index (χ0) is 15.9. The Kier molecular flexibility index (Phi) is 3.82. The maximum Gasteiger partial charge on any atom is 0.341 e. The molecule has 3 N–H and O–H groups in total. The van der Waals surface area contributed by atoms with Crippen LogP contribution < -0.4 is 11.2 Å². The molecule has 0 saturated carbocycles. The van der Waals surface area contributed by atoms with Gasteiger partial charge in [0.1, 0.15) is 17.9 Å². The molecular weight excluding hydrogens is 313 g/mol. The van der Waals surface area contributed by atoms with E-state index in [2.05, 4.69) is 0 Å². The van der Waals surface area contributed by atoms with Crippen LogP contribution in [0.3, 0.4) is 0 Å². The molecular formula is C12H8ClF3N2O3. The molecule has 0 amide bonds. The Hall–Kier alpha value is -2.22. The number of carboxylic acid groups (broad SMARTS) is 1. The molecule has 2 aromatic rings. The number of rotatable bonds is 3. The van der Waals surface area contributed by atoms with Crippen LogP contribution in [0.4, 0.5) is 18.9 Å². The van der Waals surface area contributed by atoms with E-state index in [0.29, 0.717) is 0 Å². The second-order valence-electron chi connectivity index (χ2n) is 4.14. The molecule has 0 aliphatic carbocycles. The predicted octanol–water partition coefficient (Wildman–Crippen LogP) is 2.18. The molecule has 0 aliphatic heterocycles. The summed E-state index contributed by atoms with van der Waals surface area (Å²) in [5, 5.41) is 7.45. The molecule has 0 bridgehead atoms. The van der Waals surface area contributed by atoms with Crippen molar-refractivity contribution in [1.29, 1.82) is 0 Å². The smallest absolute Gasteiger partial charge is 0.341 e. The Labute approximate surface area is 120 Å². The number of anilines is 1. The van der Waals surface area contributed by atoms with Crippen LogP contribution >= 0.6 is 11.6 Å². The van der Waals surface area contributed by atoms with Gasteiger partial charge in [0.25, 0.3) is 0 Å². The number of hydrogen-bond acceptors (Lipinski definition) is 3. The first-order valence-corrected chi connectivity index (χ1v) is 5.97. The summed E-state index contributed by atoms with van der Waals surface area (Å²) in [5.74, 6) is -4.29. The number of carboxylic acids is 1. The van der Waals surface area contributed by atoms with Crippen LogP contribution in [0.15, 0.2) is 11.0 Å². The molecule has 1 aromatic heterocycles. The molecule has 0 saturated heterocycles. The average molecular weight is 321 g/mol. The molecule has 0 fully saturated rings. The van der Waals surface area contributed by atoms with Gasteiger partial charge in [-0.2, -0.15) is 0 Å². The van der Waals surface area contributed by atoms with E-state index >= 15 is 0 Å². The largest absolute Gasteiger partial charge is 0.477 e. The molecule has 0 unspecified atom stereocenters. The fourth-order valence-electron chi connectivity index (χ4n) is 1.98. The van der Waals surface area contributed by atoms with Gasteiger partial charge >= 0.3 is 5.97 Å². The quantitative estimate of drug-likeness (QED) is 0.670. The van der Waals surface area contributed by atoms with E-state index in [-0.39, 0.29) is 0 Å². The van der Waals surface area contributed by atoms with Crippen molar-refractivity contribution in [2.75, 3.05) is 12.4 Å². The number of pyridine rings is 1. The number of hydrogen-bond donors (Lipinski definition) is 2. The third kappa shape index (κ3) is 2.21. The monoisotopic (exact) mass is 320 g/mol. The highest BCUT2D eigenvalue weighted by Gasteiger charge is 2.24. The van der Waals surface area contributed by atoms with Crippen molar-refractivity contribution in [3.63, 3.8) is 0 Å². The molecule has 0 spiro atoms. The van der Waals surface area contributed by atoms with Crippen molar-refractivity contribution >= 4 is 34.2 Å². The van der Waals surface area contributed by atoms with Crippen molar-refractivity contribution in [2.24, 2.45) is 0 Å². The van der Waals surface area contributed by atoms with Gasteiger partial charge in [-0.3, -0.25) is 4.79 Å². The Bertz CT molecular complexity index is 820. The second-order valence-corrected chi connectivity index (χ2v) is 4.52. The van der Waals surface area contributed by atoms with Crippen LogP contribution in [0.5, 0.6) is 0 Å². The first-order chi connectivity index (χ1) is 9.81. The number of aromatic nitrogens is 1. The lowest BCUT2D eigenvalue weighted by Crippen LogP contribution is -2.21. The highest BCUT2D eigenvalue weighted by Crippen LogP contribution is 2.32. The molecule has 0 radical (unpaired) electrons. The van der Waals surface area contributed by atoms with Crippen LogP contribution in [-0.4, -0.2) is 22.3 Å². The molecule has 5 nitrogen and oxygen atoms in total. The van der Waals surface area contributed by atoms with Crippen LogP contribution in [0.25, 0.3) is 10.9 Å². The minimum absolute atomic E-state index is 0.449. The third-order valence-electron chi connectivity index (χ3n) is 2.93. The van der Waals surface area contributed by atoms with Gasteiger partial charge in [0.2, 0.25) is 5.43 Å². The normalized spacial score (nSPS) is 11.0. The summed E-state index contributed by atoms with van der Waals surface area (Å²) in [6, 6.07) is 0. The number of alkyl halides is 1. The van der Waals surface area contributed by atoms with E-state index in [0.717, 1.165) is 10.8 Å². The lowest BCUT2D eigenvalue weighted by atomic mass is 10.1. The van der Waals surface area contributed by atoms with Gasteiger partial charge in [0, 0.05) is 6.20 Å². The number of nitrogens with two attached hydrogens (primary N) is 1. The number of aryl methyl sites for hydroxylation is 1. The summed E-state index contributed by atoms with van der Waals surface area (Å²) in [7, 11) is 0. The van der Waals surface area contributed by atoms with Crippen LogP contribution in [0.2, 0.25) is 5.02 Å². The van der Waals surface area contributed by atoms with E-state index < -0.39 is 63.4 Å². The SMILES string of the molecule is Nc1c(F)c(Cl)c2c(=O)c(C(=O)O)cn(CCF)c2c1F. The first-order valence-electron chi connectivity index (χ1n) is 5.59. The first kappa shape index (κ1) is 15.2. The van der Waals surface area contributed by atoms with Gasteiger partial charge in [-0.05, 0) is 0 Å². The number of nitrogens with zero attached hydrogens (tertiary/aromatic N) is 1. The fraction of sp³-hybridized carbons (Fsp3) is 0.167. The maximum atomic E-state index is 14.1. The van der Waals surface area contributed by atoms with Gasteiger partial charge in [0.15, 0.2) is 11.6 Å². The number of halogens is 4. The Morgan fingerprint density at radius 3 is 2.52 bits per heavy atom. The molecule has 1 aromatic carbocycles. The van der Waals surface area contributed by atoms with E-state index in [9.17, 15) is 22.8 Å². The molecule has 21 heavy (non-hydrogen) atoms. The average Bonchev–Trinajstić information content (AvgIpc) is 2.43. The van der Waals surface area contributed by atoms with Crippen molar-refractivity contribution in [3.05, 3.63) is 38.6 Å². The van der Waals surface area contributed by atoms with Crippen molar-refractivity contribution in [2.45, 2.75) is 6.54 Å². The van der Waals surface area contributed by atoms with Crippen LogP contribution in [0, 0.1) is 11.6 Å². The third-order valence-corrected chi connectivity index (χ3v) is 3.28. The van der Waals surface area contributed by atoms with Gasteiger partial charge in [-0.1, -0.05) is 11.6 Å². The van der Waals surface area contributed by atoms with E-state index in [4.69, 9.17) is 22.4 Å². The summed E-state index contributed by atoms with van der Waals surface area (Å²) in [6.07, 6.45) is 0.767. The molecule has 1 heterocycles. The number of benzene rings is 1. The number of carbonyl (C=O) groups is 1. The van der Waals surface area contributed by atoms with E-state index in [1.165, 1.54) is 0 Å². The minimum atomic E-state index is -1.62. The van der Waals surface area contributed by atoms with Crippen molar-refractivity contribution < 1.29 is 23.1 Å². The Morgan fingerprint density at radius 1 is 1.38 bits per heavy atom. The molecule has 0 aliphatic rings. The lowest BCUT2D eigenvalue weighted by molar-refractivity contribution is 0.0694. The van der Waals surface area contributed by atoms with Crippen molar-refractivity contribution in [1.82, 2.24) is 4.57 Å². The van der Waals surface area contributed by atoms with E-state index in [1.807, 2.05) is 0 Å². The number of nitrogen functional groups attached to an aromatic ring is 1. The van der Waals surface area contributed by atoms with Crippen LogP contribution in [-0.2, 0) is 6.54 Å². The number of aromatic carboxylic acids is 1. The summed E-state index contributed by atoms with van der Waals surface area (Å²) in [4.78, 5) is 23.0. The minimum Gasteiger partial charge on any atom is -0.477 e. The maximum absolute atomic E-state index is 14.1. The Balaban J connectivity index is 3.12. The summed E-state index contributed by atoms with van der Waals surface area (Å²) in [5.41, 5.74) is 1.79.